The highest BCUT2D eigenvalue weighted by molar-refractivity contribution is 6.01. The molecule has 3 rings (SSSR count). The fourth-order valence-corrected chi connectivity index (χ4v) is 3.12. The van der Waals surface area contributed by atoms with Gasteiger partial charge in [-0.25, -0.2) is 9.50 Å². The van der Waals surface area contributed by atoms with Crippen molar-refractivity contribution in [2.75, 3.05) is 20.8 Å². The lowest BCUT2D eigenvalue weighted by molar-refractivity contribution is 0.0596. The van der Waals surface area contributed by atoms with E-state index in [2.05, 4.69) is 15.1 Å². The number of ether oxygens (including phenoxy) is 1. The second-order valence-corrected chi connectivity index (χ2v) is 6.38. The van der Waals surface area contributed by atoms with Crippen molar-refractivity contribution in [2.45, 2.75) is 26.8 Å². The number of aryl methyl sites for hydroxylation is 3. The molecule has 0 fully saturated rings. The lowest BCUT2D eigenvalue weighted by Gasteiger charge is -2.27. The molecule has 3 aromatic rings. The minimum absolute atomic E-state index is 0.150. The van der Waals surface area contributed by atoms with Crippen LogP contribution in [0.3, 0.4) is 0 Å². The van der Waals surface area contributed by atoms with Gasteiger partial charge in [0, 0.05) is 31.7 Å². The zero-order valence-electron chi connectivity index (χ0n) is 15.7. The van der Waals surface area contributed by atoms with E-state index in [1.807, 2.05) is 45.0 Å². The minimum atomic E-state index is -0.297. The molecule has 7 heteroatoms. The first-order valence-electron chi connectivity index (χ1n) is 8.44. The van der Waals surface area contributed by atoms with Crippen molar-refractivity contribution in [1.29, 1.82) is 0 Å². The summed E-state index contributed by atoms with van der Waals surface area (Å²) in [5, 5.41) is 4.50. The Balaban J connectivity index is 2.05. The SMILES string of the molecule is COC[C@H](c1ccccn1)N(C)C(=O)c1c(C)nn2c(C)cc(C)nc12. The smallest absolute Gasteiger partial charge is 0.260 e. The predicted molar refractivity (Wildman–Crippen MR) is 98.1 cm³/mol. The normalized spacial score (nSPS) is 12.3. The van der Waals surface area contributed by atoms with E-state index in [1.165, 1.54) is 0 Å². The van der Waals surface area contributed by atoms with Crippen LogP contribution < -0.4 is 0 Å². The van der Waals surface area contributed by atoms with Gasteiger partial charge < -0.3 is 9.64 Å². The van der Waals surface area contributed by atoms with E-state index in [9.17, 15) is 4.79 Å². The van der Waals surface area contributed by atoms with E-state index in [0.717, 1.165) is 17.1 Å². The molecule has 136 valence electrons. The second kappa shape index (κ2) is 7.21. The van der Waals surface area contributed by atoms with Gasteiger partial charge in [-0.1, -0.05) is 6.07 Å². The van der Waals surface area contributed by atoms with E-state index in [1.54, 1.807) is 29.8 Å². The van der Waals surface area contributed by atoms with Crippen LogP contribution in [0.15, 0.2) is 30.5 Å². The number of pyridine rings is 1. The van der Waals surface area contributed by atoms with Gasteiger partial charge in [-0.05, 0) is 39.0 Å². The van der Waals surface area contributed by atoms with E-state index in [0.29, 0.717) is 23.5 Å². The van der Waals surface area contributed by atoms with Crippen LogP contribution in [0.2, 0.25) is 0 Å². The zero-order valence-corrected chi connectivity index (χ0v) is 15.7. The lowest BCUT2D eigenvalue weighted by atomic mass is 10.1. The number of hydrogen-bond donors (Lipinski definition) is 0. The number of fused-ring (bicyclic) bond motifs is 1. The number of carbonyl (C=O) groups excluding carboxylic acids is 1. The van der Waals surface area contributed by atoms with E-state index >= 15 is 0 Å². The molecule has 0 saturated heterocycles. The highest BCUT2D eigenvalue weighted by atomic mass is 16.5. The molecular weight excluding hydrogens is 330 g/mol. The monoisotopic (exact) mass is 353 g/mol. The molecule has 0 saturated carbocycles. The molecule has 0 spiro atoms. The van der Waals surface area contributed by atoms with Crippen LogP contribution in [0, 0.1) is 20.8 Å². The predicted octanol–water partition coefficient (Wildman–Crippen LogP) is 2.51. The number of carbonyl (C=O) groups is 1. The third-order valence-corrected chi connectivity index (χ3v) is 4.43. The quantitative estimate of drug-likeness (QED) is 0.705. The Hall–Kier alpha value is -2.80. The number of rotatable bonds is 5. The molecule has 0 unspecified atom stereocenters. The fraction of sp³-hybridized carbons (Fsp3) is 0.368. The number of amides is 1. The Bertz CT molecular complexity index is 936. The van der Waals surface area contributed by atoms with Crippen molar-refractivity contribution in [2.24, 2.45) is 0 Å². The van der Waals surface area contributed by atoms with Gasteiger partial charge >= 0.3 is 0 Å². The molecule has 7 nitrogen and oxygen atoms in total. The summed E-state index contributed by atoms with van der Waals surface area (Å²) in [5.41, 5.74) is 4.31. The van der Waals surface area contributed by atoms with Crippen molar-refractivity contribution < 1.29 is 9.53 Å². The van der Waals surface area contributed by atoms with Crippen LogP contribution >= 0.6 is 0 Å². The van der Waals surface area contributed by atoms with Gasteiger partial charge in [0.05, 0.1) is 24.0 Å². The molecule has 1 atom stereocenters. The largest absolute Gasteiger partial charge is 0.382 e. The van der Waals surface area contributed by atoms with Gasteiger partial charge in [-0.15, -0.1) is 0 Å². The van der Waals surface area contributed by atoms with Gasteiger partial charge in [-0.3, -0.25) is 9.78 Å². The molecule has 0 bridgehead atoms. The summed E-state index contributed by atoms with van der Waals surface area (Å²) in [4.78, 5) is 23.9. The van der Waals surface area contributed by atoms with Crippen LogP contribution in [0.4, 0.5) is 0 Å². The van der Waals surface area contributed by atoms with Crippen molar-refractivity contribution >= 4 is 11.6 Å². The summed E-state index contributed by atoms with van der Waals surface area (Å²) in [6.45, 7) is 6.04. The summed E-state index contributed by atoms with van der Waals surface area (Å²) in [6.07, 6.45) is 1.71. The topological polar surface area (TPSA) is 72.6 Å². The van der Waals surface area contributed by atoms with Crippen molar-refractivity contribution in [1.82, 2.24) is 24.5 Å². The second-order valence-electron chi connectivity index (χ2n) is 6.38. The van der Waals surface area contributed by atoms with Gasteiger partial charge in [-0.2, -0.15) is 5.10 Å². The molecule has 1 amide bonds. The maximum Gasteiger partial charge on any atom is 0.260 e. The zero-order chi connectivity index (χ0) is 18.8. The van der Waals surface area contributed by atoms with Crippen LogP contribution in [0.1, 0.15) is 39.2 Å². The molecule has 0 aliphatic carbocycles. The Labute approximate surface area is 152 Å². The van der Waals surface area contributed by atoms with Crippen LogP contribution in [-0.2, 0) is 4.74 Å². The third kappa shape index (κ3) is 3.17. The summed E-state index contributed by atoms with van der Waals surface area (Å²) in [5.74, 6) is -0.150. The first kappa shape index (κ1) is 18.0. The minimum Gasteiger partial charge on any atom is -0.382 e. The summed E-state index contributed by atoms with van der Waals surface area (Å²) in [6, 6.07) is 7.29. The summed E-state index contributed by atoms with van der Waals surface area (Å²) < 4.78 is 7.05. The average molecular weight is 353 g/mol. The highest BCUT2D eigenvalue weighted by Gasteiger charge is 2.28. The van der Waals surface area contributed by atoms with Gasteiger partial charge in [0.15, 0.2) is 5.65 Å². The number of nitrogens with zero attached hydrogens (tertiary/aromatic N) is 5. The maximum absolute atomic E-state index is 13.3. The molecule has 0 aromatic carbocycles. The first-order valence-corrected chi connectivity index (χ1v) is 8.44. The molecule has 3 aromatic heterocycles. The Morgan fingerprint density at radius 1 is 1.31 bits per heavy atom. The van der Waals surface area contributed by atoms with Crippen LogP contribution in [0.5, 0.6) is 0 Å². The van der Waals surface area contributed by atoms with E-state index in [4.69, 9.17) is 4.74 Å². The molecule has 0 radical (unpaired) electrons. The van der Waals surface area contributed by atoms with Crippen LogP contribution in [-0.4, -0.2) is 51.2 Å². The van der Waals surface area contributed by atoms with Crippen molar-refractivity contribution in [3.63, 3.8) is 0 Å². The Kier molecular flexibility index (Phi) is 4.99. The van der Waals surface area contributed by atoms with Crippen molar-refractivity contribution in [3.05, 3.63) is 58.8 Å². The van der Waals surface area contributed by atoms with Gasteiger partial charge in [0.1, 0.15) is 5.56 Å². The van der Waals surface area contributed by atoms with Gasteiger partial charge in [0.2, 0.25) is 0 Å². The molecule has 26 heavy (non-hydrogen) atoms. The fourth-order valence-electron chi connectivity index (χ4n) is 3.12. The third-order valence-electron chi connectivity index (χ3n) is 4.43. The molecule has 0 aliphatic rings. The molecule has 0 N–H and O–H groups in total. The Morgan fingerprint density at radius 3 is 2.73 bits per heavy atom. The van der Waals surface area contributed by atoms with E-state index < -0.39 is 0 Å². The summed E-state index contributed by atoms with van der Waals surface area (Å²) >= 11 is 0. The standard InChI is InChI=1S/C19H23N5O2/c1-12-10-13(2)24-18(21-12)17(14(3)22-24)19(25)23(4)16(11-26-5)15-8-6-7-9-20-15/h6-10,16H,11H2,1-5H3/t16-/m1/s1. The molecular formula is C19H23N5O2. The molecule has 3 heterocycles. The average Bonchev–Trinajstić information content (AvgIpc) is 2.95. The Morgan fingerprint density at radius 2 is 2.08 bits per heavy atom. The maximum atomic E-state index is 13.3. The number of aromatic nitrogens is 4. The lowest BCUT2D eigenvalue weighted by Crippen LogP contribution is -2.34. The molecule has 0 aliphatic heterocycles. The summed E-state index contributed by atoms with van der Waals surface area (Å²) in [7, 11) is 3.37. The van der Waals surface area contributed by atoms with E-state index in [-0.39, 0.29) is 11.9 Å². The number of methoxy groups -OCH3 is 1. The van der Waals surface area contributed by atoms with Gasteiger partial charge in [0.25, 0.3) is 5.91 Å². The first-order chi connectivity index (χ1) is 12.4. The van der Waals surface area contributed by atoms with Crippen molar-refractivity contribution in [3.8, 4) is 0 Å². The highest BCUT2D eigenvalue weighted by Crippen LogP contribution is 2.23. The number of hydrogen-bond acceptors (Lipinski definition) is 5. The number of likely N-dealkylation sites (N-methyl/N-ethyl adjacent to an activating group) is 1. The van der Waals surface area contributed by atoms with Crippen LogP contribution in [0.25, 0.3) is 5.65 Å².